The largest absolute Gasteiger partial charge is 0.497 e. The number of thiazole rings is 1. The molecule has 0 unspecified atom stereocenters. The van der Waals surface area contributed by atoms with E-state index in [0.29, 0.717) is 23.5 Å². The molecule has 0 aliphatic carbocycles. The molecule has 1 amide bonds. The highest BCUT2D eigenvalue weighted by atomic mass is 32.2. The fourth-order valence-corrected chi connectivity index (χ4v) is 6.71. The number of fused-ring (bicyclic) bond motifs is 1. The van der Waals surface area contributed by atoms with Gasteiger partial charge in [0.1, 0.15) is 5.75 Å². The van der Waals surface area contributed by atoms with Crippen LogP contribution in [0, 0.1) is 11.8 Å². The Kier molecular flexibility index (Phi) is 8.90. The third-order valence-electron chi connectivity index (χ3n) is 5.41. The molecule has 3 aromatic rings. The quantitative estimate of drug-likeness (QED) is 0.372. The highest BCUT2D eigenvalue weighted by molar-refractivity contribution is 7.89. The minimum Gasteiger partial charge on any atom is -0.497 e. The Labute approximate surface area is 212 Å². The maximum absolute atomic E-state index is 13.2. The van der Waals surface area contributed by atoms with E-state index in [0.717, 1.165) is 28.9 Å². The van der Waals surface area contributed by atoms with Gasteiger partial charge in [-0.25, -0.2) is 8.42 Å². The molecule has 0 aliphatic rings. The number of nitrogens with zero attached hydrogens (tertiary/aromatic N) is 3. The molecule has 0 fully saturated rings. The summed E-state index contributed by atoms with van der Waals surface area (Å²) in [6, 6.07) is 11.9. The summed E-state index contributed by atoms with van der Waals surface area (Å²) in [7, 11) is -2.03. The Morgan fingerprint density at radius 2 is 1.69 bits per heavy atom. The van der Waals surface area contributed by atoms with E-state index >= 15 is 0 Å². The molecule has 0 aliphatic heterocycles. The number of hydrogen-bond donors (Lipinski definition) is 0. The van der Waals surface area contributed by atoms with Crippen LogP contribution in [-0.4, -0.2) is 43.4 Å². The molecule has 0 radical (unpaired) electrons. The molecule has 0 N–H and O–H groups in total. The van der Waals surface area contributed by atoms with Crippen LogP contribution in [0.2, 0.25) is 0 Å². The second kappa shape index (κ2) is 11.5. The van der Waals surface area contributed by atoms with E-state index in [9.17, 15) is 13.2 Å². The van der Waals surface area contributed by atoms with Crippen LogP contribution in [0.1, 0.15) is 51.4 Å². The van der Waals surface area contributed by atoms with Crippen molar-refractivity contribution in [3.63, 3.8) is 0 Å². The van der Waals surface area contributed by atoms with Gasteiger partial charge in [0.2, 0.25) is 10.0 Å². The van der Waals surface area contributed by atoms with Gasteiger partial charge in [0, 0.05) is 25.2 Å². The number of ether oxygens (including phenoxy) is 1. The number of hydrogen-bond acceptors (Lipinski definition) is 5. The highest BCUT2D eigenvalue weighted by Gasteiger charge is 2.26. The summed E-state index contributed by atoms with van der Waals surface area (Å²) in [5.74, 6) is 0.762. The van der Waals surface area contributed by atoms with Crippen LogP contribution in [0.4, 0.5) is 0 Å². The van der Waals surface area contributed by atoms with E-state index in [2.05, 4.69) is 11.9 Å². The number of aromatic nitrogens is 1. The zero-order valence-electron chi connectivity index (χ0n) is 21.3. The molecule has 35 heavy (non-hydrogen) atoms. The number of benzene rings is 2. The summed E-state index contributed by atoms with van der Waals surface area (Å²) in [5, 5.41) is 0. The number of aryl methyl sites for hydroxylation is 1. The lowest BCUT2D eigenvalue weighted by atomic mass is 10.2. The molecule has 9 heteroatoms. The first-order valence-electron chi connectivity index (χ1n) is 11.9. The fraction of sp³-hybridized carbons (Fsp3) is 0.462. The van der Waals surface area contributed by atoms with Gasteiger partial charge >= 0.3 is 0 Å². The van der Waals surface area contributed by atoms with Gasteiger partial charge in [0.15, 0.2) is 4.80 Å². The molecule has 0 saturated heterocycles. The van der Waals surface area contributed by atoms with Crippen LogP contribution in [0.5, 0.6) is 5.75 Å². The predicted molar refractivity (Wildman–Crippen MR) is 141 cm³/mol. The topological polar surface area (TPSA) is 81.0 Å². The van der Waals surface area contributed by atoms with Crippen molar-refractivity contribution < 1.29 is 17.9 Å². The average Bonchev–Trinajstić information content (AvgIpc) is 3.14. The number of sulfonamides is 1. The normalized spacial score (nSPS) is 12.9. The third-order valence-corrected chi connectivity index (χ3v) is 8.30. The van der Waals surface area contributed by atoms with Gasteiger partial charge in [-0.1, -0.05) is 46.0 Å². The van der Waals surface area contributed by atoms with Gasteiger partial charge in [-0.3, -0.25) is 4.79 Å². The van der Waals surface area contributed by atoms with Crippen LogP contribution in [0.3, 0.4) is 0 Å². The Morgan fingerprint density at radius 3 is 2.23 bits per heavy atom. The zero-order chi connectivity index (χ0) is 25.8. The third kappa shape index (κ3) is 6.39. The van der Waals surface area contributed by atoms with Gasteiger partial charge < -0.3 is 9.30 Å². The lowest BCUT2D eigenvalue weighted by Gasteiger charge is -2.25. The van der Waals surface area contributed by atoms with E-state index in [1.165, 1.54) is 27.8 Å². The Morgan fingerprint density at radius 1 is 1.06 bits per heavy atom. The Balaban J connectivity index is 1.94. The van der Waals surface area contributed by atoms with E-state index < -0.39 is 15.9 Å². The molecule has 190 valence electrons. The van der Waals surface area contributed by atoms with E-state index in [-0.39, 0.29) is 16.7 Å². The summed E-state index contributed by atoms with van der Waals surface area (Å²) in [6.45, 7) is 11.7. The van der Waals surface area contributed by atoms with Crippen LogP contribution in [0.25, 0.3) is 10.2 Å². The van der Waals surface area contributed by atoms with Crippen LogP contribution in [-0.2, 0) is 16.6 Å². The minimum absolute atomic E-state index is 0.186. The summed E-state index contributed by atoms with van der Waals surface area (Å²) in [6.07, 6.45) is 0.898. The minimum atomic E-state index is -3.65. The molecule has 7 nitrogen and oxygen atoms in total. The number of rotatable bonds is 10. The number of carbonyl (C=O) groups excluding carboxylic acids is 1. The first-order chi connectivity index (χ1) is 16.6. The Hall–Kier alpha value is -2.49. The standard InChI is InChI=1S/C26H35N3O4S2/c1-7-14-29-23-13-10-21(33-6)15-24(23)34-26(29)27-25(30)20-8-11-22(12-9-20)35(31,32)28(16-18(2)3)17-19(4)5/h8-13,15,18-19H,7,14,16-17H2,1-6H3. The van der Waals surface area contributed by atoms with Crippen molar-refractivity contribution in [1.82, 2.24) is 8.87 Å². The number of amides is 1. The van der Waals surface area contributed by atoms with E-state index in [1.54, 1.807) is 19.2 Å². The molecule has 1 heterocycles. The first kappa shape index (κ1) is 27.1. The van der Waals surface area contributed by atoms with E-state index in [4.69, 9.17) is 4.74 Å². The summed E-state index contributed by atoms with van der Waals surface area (Å²) in [5.41, 5.74) is 1.35. The van der Waals surface area contributed by atoms with Crippen molar-refractivity contribution in [1.29, 1.82) is 0 Å². The zero-order valence-corrected chi connectivity index (χ0v) is 22.9. The van der Waals surface area contributed by atoms with Crippen molar-refractivity contribution >= 4 is 37.5 Å². The Bertz CT molecular complexity index is 1330. The lowest BCUT2D eigenvalue weighted by Crippen LogP contribution is -2.37. The van der Waals surface area contributed by atoms with Gasteiger partial charge in [-0.05, 0) is 60.7 Å². The van der Waals surface area contributed by atoms with Crippen LogP contribution in [0.15, 0.2) is 52.4 Å². The lowest BCUT2D eigenvalue weighted by molar-refractivity contribution is 0.0997. The van der Waals surface area contributed by atoms with Gasteiger partial charge in [-0.15, -0.1) is 0 Å². The van der Waals surface area contributed by atoms with Crippen molar-refractivity contribution in [2.75, 3.05) is 20.2 Å². The van der Waals surface area contributed by atoms with Gasteiger partial charge in [0.25, 0.3) is 5.91 Å². The molecule has 3 rings (SSSR count). The van der Waals surface area contributed by atoms with Crippen molar-refractivity contribution in [3.8, 4) is 5.75 Å². The van der Waals surface area contributed by atoms with Crippen molar-refractivity contribution in [3.05, 3.63) is 52.8 Å². The molecule has 0 bridgehead atoms. The summed E-state index contributed by atoms with van der Waals surface area (Å²) >= 11 is 1.43. The molecule has 2 aromatic carbocycles. The smallest absolute Gasteiger partial charge is 0.279 e. The molecule has 0 saturated carbocycles. The van der Waals surface area contributed by atoms with E-state index in [1.807, 2.05) is 50.5 Å². The summed E-state index contributed by atoms with van der Waals surface area (Å²) in [4.78, 5) is 18.2. The van der Waals surface area contributed by atoms with Crippen molar-refractivity contribution in [2.45, 2.75) is 52.5 Å². The molecular weight excluding hydrogens is 482 g/mol. The highest BCUT2D eigenvalue weighted by Crippen LogP contribution is 2.24. The maximum atomic E-state index is 13.2. The van der Waals surface area contributed by atoms with Crippen LogP contribution >= 0.6 is 11.3 Å². The monoisotopic (exact) mass is 517 g/mol. The summed E-state index contributed by atoms with van der Waals surface area (Å²) < 4.78 is 36.4. The average molecular weight is 518 g/mol. The molecule has 0 spiro atoms. The van der Waals surface area contributed by atoms with Gasteiger partial charge in [0.05, 0.1) is 22.2 Å². The molecular formula is C26H35N3O4S2. The maximum Gasteiger partial charge on any atom is 0.279 e. The predicted octanol–water partition coefficient (Wildman–Crippen LogP) is 5.17. The van der Waals surface area contributed by atoms with Crippen molar-refractivity contribution in [2.24, 2.45) is 16.8 Å². The SMILES string of the molecule is CCCn1c(=NC(=O)c2ccc(S(=O)(=O)N(CC(C)C)CC(C)C)cc2)sc2cc(OC)ccc21. The second-order valence-corrected chi connectivity index (χ2v) is 12.4. The first-order valence-corrected chi connectivity index (χ1v) is 14.2. The van der Waals surface area contributed by atoms with Crippen LogP contribution < -0.4 is 9.54 Å². The number of methoxy groups -OCH3 is 1. The second-order valence-electron chi connectivity index (χ2n) is 9.42. The van der Waals surface area contributed by atoms with Gasteiger partial charge in [-0.2, -0.15) is 9.30 Å². The molecule has 1 aromatic heterocycles. The fourth-order valence-electron chi connectivity index (χ4n) is 3.86. The number of carbonyl (C=O) groups is 1. The molecule has 0 atom stereocenters.